The van der Waals surface area contributed by atoms with Crippen LogP contribution in [0.2, 0.25) is 20.1 Å². The van der Waals surface area contributed by atoms with E-state index in [1.807, 2.05) is 6.07 Å². The van der Waals surface area contributed by atoms with Crippen LogP contribution in [0.15, 0.2) is 29.2 Å². The van der Waals surface area contributed by atoms with E-state index in [2.05, 4.69) is 4.90 Å². The number of primary sulfonamides is 1. The molecule has 1 heterocycles. The molecule has 6 nitrogen and oxygen atoms in total. The Labute approximate surface area is 201 Å². The highest BCUT2D eigenvalue weighted by Gasteiger charge is 2.41. The molecule has 1 unspecified atom stereocenters. The van der Waals surface area contributed by atoms with Crippen molar-refractivity contribution in [3.8, 4) is 5.75 Å². The highest BCUT2D eigenvalue weighted by Crippen LogP contribution is 2.45. The van der Waals surface area contributed by atoms with E-state index in [-0.39, 0.29) is 32.8 Å². The number of sulfonamides is 1. The van der Waals surface area contributed by atoms with Gasteiger partial charge in [-0.2, -0.15) is 0 Å². The number of piperidine rings is 1. The first kappa shape index (κ1) is 23.4. The topological polar surface area (TPSA) is 98.6 Å². The molecule has 0 saturated carbocycles. The van der Waals surface area contributed by atoms with E-state index in [0.717, 1.165) is 37.1 Å². The molecule has 11 heteroatoms. The van der Waals surface area contributed by atoms with Crippen LogP contribution in [-0.2, 0) is 16.4 Å². The maximum atomic E-state index is 11.7. The number of rotatable bonds is 4. The average molecular weight is 525 g/mol. The Kier molecular flexibility index (Phi) is 6.70. The van der Waals surface area contributed by atoms with Crippen molar-refractivity contribution in [1.82, 2.24) is 4.90 Å². The molecule has 1 saturated heterocycles. The number of nitrogens with zero attached hydrogens (tertiary/aromatic N) is 1. The Bertz CT molecular complexity index is 1130. The molecule has 0 aromatic heterocycles. The van der Waals surface area contributed by atoms with Crippen molar-refractivity contribution in [3.63, 3.8) is 0 Å². The quantitative estimate of drug-likeness (QED) is 0.617. The van der Waals surface area contributed by atoms with Gasteiger partial charge in [-0.15, -0.1) is 0 Å². The first-order chi connectivity index (χ1) is 14.6. The van der Waals surface area contributed by atoms with Crippen molar-refractivity contribution in [2.75, 3.05) is 13.1 Å². The fourth-order valence-electron chi connectivity index (χ4n) is 4.38. The standard InChI is InChI=1S/C20H21Cl4N3O3S/c21-10-6-13-12(14(22)7-10)8-15(27-5-1-2-11(25)9-27)20(13)30-16-3-4-17(31(26,28)29)19(24)18(16)23/h3-4,6-7,11,15,20H,1-2,5,8-9,25H2,(H2,26,28,29)/t11?,15-,20-/m0/s1. The molecule has 2 aromatic carbocycles. The number of likely N-dealkylation sites (tertiary alicyclic amines) is 1. The van der Waals surface area contributed by atoms with Crippen LogP contribution in [-0.4, -0.2) is 38.5 Å². The zero-order chi connectivity index (χ0) is 22.5. The predicted molar refractivity (Wildman–Crippen MR) is 124 cm³/mol. The molecule has 31 heavy (non-hydrogen) atoms. The van der Waals surface area contributed by atoms with E-state index < -0.39 is 16.1 Å². The third-order valence-electron chi connectivity index (χ3n) is 5.79. The van der Waals surface area contributed by atoms with Crippen LogP contribution < -0.4 is 15.6 Å². The molecule has 4 N–H and O–H groups in total. The van der Waals surface area contributed by atoms with Crippen LogP contribution in [0.25, 0.3) is 0 Å². The fourth-order valence-corrected chi connectivity index (χ4v) is 6.32. The van der Waals surface area contributed by atoms with Gasteiger partial charge in [0, 0.05) is 28.2 Å². The second-order valence-corrected chi connectivity index (χ2v) is 11.0. The molecule has 2 aromatic rings. The van der Waals surface area contributed by atoms with Crippen LogP contribution in [0.1, 0.15) is 30.1 Å². The number of hydrogen-bond donors (Lipinski definition) is 2. The summed E-state index contributed by atoms with van der Waals surface area (Å²) in [6.07, 6.45) is 2.20. The van der Waals surface area contributed by atoms with E-state index in [1.165, 1.54) is 12.1 Å². The first-order valence-electron chi connectivity index (χ1n) is 9.71. The van der Waals surface area contributed by atoms with Crippen LogP contribution in [0, 0.1) is 0 Å². The summed E-state index contributed by atoms with van der Waals surface area (Å²) in [5, 5.41) is 6.08. The van der Waals surface area contributed by atoms with Crippen molar-refractivity contribution < 1.29 is 13.2 Å². The zero-order valence-electron chi connectivity index (χ0n) is 16.3. The molecule has 0 radical (unpaired) electrons. The Balaban J connectivity index is 1.74. The van der Waals surface area contributed by atoms with Gasteiger partial charge in [-0.05, 0) is 55.6 Å². The smallest absolute Gasteiger partial charge is 0.239 e. The Morgan fingerprint density at radius 2 is 1.84 bits per heavy atom. The molecule has 1 fully saturated rings. The van der Waals surface area contributed by atoms with Gasteiger partial charge in [-0.25, -0.2) is 13.6 Å². The van der Waals surface area contributed by atoms with Crippen LogP contribution in [0.5, 0.6) is 5.75 Å². The van der Waals surface area contributed by atoms with Crippen molar-refractivity contribution >= 4 is 56.4 Å². The summed E-state index contributed by atoms with van der Waals surface area (Å²) < 4.78 is 29.8. The number of nitrogens with two attached hydrogens (primary N) is 2. The second-order valence-electron chi connectivity index (χ2n) is 7.90. The number of benzene rings is 2. The lowest BCUT2D eigenvalue weighted by Gasteiger charge is -2.38. The Morgan fingerprint density at radius 1 is 1.10 bits per heavy atom. The van der Waals surface area contributed by atoms with Crippen LogP contribution in [0.3, 0.4) is 0 Å². The Hall–Kier alpha value is -0.770. The summed E-state index contributed by atoms with van der Waals surface area (Å²) in [4.78, 5) is 2.04. The van der Waals surface area contributed by atoms with Crippen LogP contribution >= 0.6 is 46.4 Å². The highest BCUT2D eigenvalue weighted by atomic mass is 35.5. The highest BCUT2D eigenvalue weighted by molar-refractivity contribution is 7.89. The predicted octanol–water partition coefficient (Wildman–Crippen LogP) is 4.42. The van der Waals surface area contributed by atoms with Gasteiger partial charge in [-0.3, -0.25) is 4.90 Å². The number of hydrogen-bond acceptors (Lipinski definition) is 5. The summed E-state index contributed by atoms with van der Waals surface area (Å²) in [5.74, 6) is 0.249. The lowest BCUT2D eigenvalue weighted by molar-refractivity contribution is 0.0593. The van der Waals surface area contributed by atoms with E-state index in [1.54, 1.807) is 6.07 Å². The van der Waals surface area contributed by atoms with Crippen molar-refractivity contribution in [3.05, 3.63) is 55.5 Å². The van der Waals surface area contributed by atoms with Crippen LogP contribution in [0.4, 0.5) is 0 Å². The summed E-state index contributed by atoms with van der Waals surface area (Å²) in [5.41, 5.74) is 8.04. The van der Waals surface area contributed by atoms with Gasteiger partial charge in [0.05, 0.1) is 11.1 Å². The van der Waals surface area contributed by atoms with E-state index in [4.69, 9.17) is 62.0 Å². The summed E-state index contributed by atoms with van der Waals surface area (Å²) >= 11 is 25.3. The van der Waals surface area contributed by atoms with Gasteiger partial charge in [0.25, 0.3) is 0 Å². The monoisotopic (exact) mass is 523 g/mol. The van der Waals surface area contributed by atoms with Gasteiger partial charge < -0.3 is 10.5 Å². The summed E-state index contributed by atoms with van der Waals surface area (Å²) in [7, 11) is -4.02. The largest absolute Gasteiger partial charge is 0.482 e. The van der Waals surface area contributed by atoms with Gasteiger partial charge in [0.15, 0.2) is 0 Å². The fraction of sp³-hybridized carbons (Fsp3) is 0.400. The number of ether oxygens (including phenoxy) is 1. The van der Waals surface area contributed by atoms with E-state index >= 15 is 0 Å². The normalized spacial score (nSPS) is 24.3. The molecule has 0 bridgehead atoms. The molecule has 0 amide bonds. The summed E-state index contributed by atoms with van der Waals surface area (Å²) in [6, 6.07) is 6.34. The minimum atomic E-state index is -4.02. The molecular weight excluding hydrogens is 504 g/mol. The maximum Gasteiger partial charge on any atom is 0.239 e. The number of halogens is 4. The number of fused-ring (bicyclic) bond motifs is 1. The maximum absolute atomic E-state index is 11.7. The zero-order valence-corrected chi connectivity index (χ0v) is 20.2. The lowest BCUT2D eigenvalue weighted by Crippen LogP contribution is -2.49. The van der Waals surface area contributed by atoms with Crippen molar-refractivity contribution in [1.29, 1.82) is 0 Å². The molecular formula is C20H21Cl4N3O3S. The molecule has 168 valence electrons. The first-order valence-corrected chi connectivity index (χ1v) is 12.8. The molecule has 0 spiro atoms. The van der Waals surface area contributed by atoms with Gasteiger partial charge in [0.2, 0.25) is 10.0 Å². The third kappa shape index (κ3) is 4.66. The van der Waals surface area contributed by atoms with E-state index in [9.17, 15) is 8.42 Å². The second kappa shape index (κ2) is 8.88. The Morgan fingerprint density at radius 3 is 2.52 bits per heavy atom. The average Bonchev–Trinajstić information content (AvgIpc) is 3.03. The van der Waals surface area contributed by atoms with Gasteiger partial charge >= 0.3 is 0 Å². The van der Waals surface area contributed by atoms with E-state index in [0.29, 0.717) is 16.5 Å². The summed E-state index contributed by atoms with van der Waals surface area (Å²) in [6.45, 7) is 1.62. The molecule has 3 atom stereocenters. The third-order valence-corrected chi connectivity index (χ3v) is 8.28. The minimum absolute atomic E-state index is 0.0242. The molecule has 4 rings (SSSR count). The molecule has 2 aliphatic rings. The van der Waals surface area contributed by atoms with Gasteiger partial charge in [0.1, 0.15) is 21.8 Å². The lowest BCUT2D eigenvalue weighted by atomic mass is 10.0. The van der Waals surface area contributed by atoms with Gasteiger partial charge in [-0.1, -0.05) is 46.4 Å². The van der Waals surface area contributed by atoms with Crippen molar-refractivity contribution in [2.24, 2.45) is 10.9 Å². The minimum Gasteiger partial charge on any atom is -0.482 e. The molecule has 1 aliphatic heterocycles. The SMILES string of the molecule is NC1CCCN([C@H]2Cc3c(Cl)cc(Cl)cc3[C@@H]2Oc2ccc(S(N)(=O)=O)c(Cl)c2Cl)C1. The van der Waals surface area contributed by atoms with Crippen molar-refractivity contribution in [2.45, 2.75) is 42.3 Å². The molecule has 1 aliphatic carbocycles.